The molecule has 5 rings (SSSR count). The zero-order valence-corrected chi connectivity index (χ0v) is 15.0. The first-order chi connectivity index (χ1) is 11.9. The van der Waals surface area contributed by atoms with Crippen LogP contribution in [0, 0.1) is 42.9 Å². The Labute approximate surface area is 148 Å². The van der Waals surface area contributed by atoms with Crippen molar-refractivity contribution in [2.24, 2.45) is 17.8 Å². The van der Waals surface area contributed by atoms with E-state index in [1.807, 2.05) is 13.0 Å². The second kappa shape index (κ2) is 5.72. The number of rotatable bonds is 3. The molecule has 1 amide bonds. The van der Waals surface area contributed by atoms with Gasteiger partial charge in [-0.25, -0.2) is 0 Å². The van der Waals surface area contributed by atoms with Crippen LogP contribution in [-0.4, -0.2) is 16.0 Å². The highest BCUT2D eigenvalue weighted by Gasteiger charge is 2.51. The number of hydrogen-bond acceptors (Lipinski definition) is 3. The molecule has 1 N–H and O–H groups in total. The maximum atomic E-state index is 12.7. The normalized spacial score (nSPS) is 32.4. The number of carbonyl (C=O) groups is 1. The molecule has 132 valence electrons. The van der Waals surface area contributed by atoms with Crippen molar-refractivity contribution >= 4 is 5.91 Å². The molecule has 0 radical (unpaired) electrons. The molecule has 5 nitrogen and oxygen atoms in total. The first kappa shape index (κ1) is 16.4. The summed E-state index contributed by atoms with van der Waals surface area (Å²) in [5, 5.41) is 12.5. The monoisotopic (exact) mass is 339 g/mol. The summed E-state index contributed by atoms with van der Waals surface area (Å²) in [6, 6.07) is 3.77. The number of nitriles is 1. The fourth-order valence-corrected chi connectivity index (χ4v) is 6.00. The van der Waals surface area contributed by atoms with Gasteiger partial charge < -0.3 is 9.88 Å². The molecule has 1 aromatic heterocycles. The van der Waals surface area contributed by atoms with Crippen LogP contribution in [0.3, 0.4) is 0 Å². The van der Waals surface area contributed by atoms with Crippen LogP contribution in [-0.2, 0) is 11.3 Å². The average Bonchev–Trinajstić information content (AvgIpc) is 2.49. The zero-order chi connectivity index (χ0) is 17.8. The smallest absolute Gasteiger partial charge is 0.269 e. The van der Waals surface area contributed by atoms with Gasteiger partial charge in [-0.1, -0.05) is 0 Å². The van der Waals surface area contributed by atoms with E-state index in [4.69, 9.17) is 0 Å². The Bertz CT molecular complexity index is 795. The van der Waals surface area contributed by atoms with E-state index in [1.54, 1.807) is 13.0 Å². The van der Waals surface area contributed by atoms with E-state index in [-0.39, 0.29) is 29.1 Å². The third-order valence-electron chi connectivity index (χ3n) is 6.56. The third kappa shape index (κ3) is 2.78. The summed E-state index contributed by atoms with van der Waals surface area (Å²) in [5.41, 5.74) is 1.12. The quantitative estimate of drug-likeness (QED) is 0.919. The molecule has 4 aliphatic carbocycles. The van der Waals surface area contributed by atoms with E-state index in [0.717, 1.165) is 42.7 Å². The summed E-state index contributed by atoms with van der Waals surface area (Å²) in [5.74, 6) is 2.20. The van der Waals surface area contributed by atoms with Crippen molar-refractivity contribution in [3.63, 3.8) is 0 Å². The lowest BCUT2D eigenvalue weighted by molar-refractivity contribution is -0.127. The van der Waals surface area contributed by atoms with Gasteiger partial charge in [-0.05, 0) is 81.8 Å². The minimum atomic E-state index is -0.360. The minimum Gasteiger partial charge on any atom is -0.349 e. The summed E-state index contributed by atoms with van der Waals surface area (Å²) < 4.78 is 1.43. The minimum absolute atomic E-state index is 0.00137. The van der Waals surface area contributed by atoms with Gasteiger partial charge in [0.25, 0.3) is 5.56 Å². The lowest BCUT2D eigenvalue weighted by atomic mass is 9.53. The standard InChI is InChI=1S/C20H25N3O2/c1-12-3-13(2)23(19(25)17(12)10-21)11-18(24)22-20-7-14-4-15(8-20)6-16(5-14)9-20/h3,14-16H,4-9,11H2,1-2H3,(H,22,24). The van der Waals surface area contributed by atoms with Gasteiger partial charge in [-0.3, -0.25) is 9.59 Å². The van der Waals surface area contributed by atoms with Crippen molar-refractivity contribution in [2.45, 2.75) is 64.5 Å². The number of nitrogens with one attached hydrogen (secondary N) is 1. The van der Waals surface area contributed by atoms with Crippen LogP contribution < -0.4 is 10.9 Å². The van der Waals surface area contributed by atoms with Crippen molar-refractivity contribution in [1.29, 1.82) is 5.26 Å². The largest absolute Gasteiger partial charge is 0.349 e. The summed E-state index contributed by atoms with van der Waals surface area (Å²) >= 11 is 0. The molecule has 4 saturated carbocycles. The van der Waals surface area contributed by atoms with Crippen LogP contribution >= 0.6 is 0 Å². The van der Waals surface area contributed by atoms with Gasteiger partial charge in [0.15, 0.2) is 0 Å². The second-order valence-electron chi connectivity index (χ2n) is 8.59. The van der Waals surface area contributed by atoms with E-state index >= 15 is 0 Å². The van der Waals surface area contributed by atoms with Gasteiger partial charge in [-0.2, -0.15) is 5.26 Å². The maximum Gasteiger partial charge on any atom is 0.269 e. The van der Waals surface area contributed by atoms with Gasteiger partial charge >= 0.3 is 0 Å². The summed E-state index contributed by atoms with van der Waals surface area (Å²) in [6.07, 6.45) is 7.27. The molecule has 4 aliphatic rings. The molecule has 4 fully saturated rings. The average molecular weight is 339 g/mol. The molecule has 0 aromatic carbocycles. The molecule has 25 heavy (non-hydrogen) atoms. The number of pyridine rings is 1. The van der Waals surface area contributed by atoms with Crippen LogP contribution in [0.25, 0.3) is 0 Å². The SMILES string of the molecule is Cc1cc(C)n(CC(=O)NC23CC4CC(CC(C4)C2)C3)c(=O)c1C#N. The second-order valence-corrected chi connectivity index (χ2v) is 8.59. The van der Waals surface area contributed by atoms with Gasteiger partial charge in [0, 0.05) is 11.2 Å². The summed E-state index contributed by atoms with van der Waals surface area (Å²) in [7, 11) is 0. The fourth-order valence-electron chi connectivity index (χ4n) is 6.00. The fraction of sp³-hybridized carbons (Fsp3) is 0.650. The number of hydrogen-bond donors (Lipinski definition) is 1. The Kier molecular flexibility index (Phi) is 3.75. The van der Waals surface area contributed by atoms with Gasteiger partial charge in [0.1, 0.15) is 18.2 Å². The van der Waals surface area contributed by atoms with Crippen LogP contribution in [0.5, 0.6) is 0 Å². The highest BCUT2D eigenvalue weighted by atomic mass is 16.2. The number of aromatic nitrogens is 1. The van der Waals surface area contributed by atoms with E-state index in [0.29, 0.717) is 5.56 Å². The van der Waals surface area contributed by atoms with Crippen molar-refractivity contribution in [1.82, 2.24) is 9.88 Å². The molecule has 0 saturated heterocycles. The Morgan fingerprint density at radius 2 is 1.80 bits per heavy atom. The van der Waals surface area contributed by atoms with Crippen LogP contribution in [0.4, 0.5) is 0 Å². The zero-order valence-electron chi connectivity index (χ0n) is 15.0. The Balaban J connectivity index is 1.54. The molecule has 1 aromatic rings. The molecular formula is C20H25N3O2. The van der Waals surface area contributed by atoms with Crippen LogP contribution in [0.2, 0.25) is 0 Å². The van der Waals surface area contributed by atoms with Crippen molar-refractivity contribution in [2.75, 3.05) is 0 Å². The maximum absolute atomic E-state index is 12.7. The Morgan fingerprint density at radius 3 is 2.32 bits per heavy atom. The molecule has 1 heterocycles. The topological polar surface area (TPSA) is 74.9 Å². The van der Waals surface area contributed by atoms with Gasteiger partial charge in [0.2, 0.25) is 5.91 Å². The highest BCUT2D eigenvalue weighted by molar-refractivity contribution is 5.77. The van der Waals surface area contributed by atoms with Crippen LogP contribution in [0.1, 0.15) is 55.3 Å². The molecule has 0 spiro atoms. The molecular weight excluding hydrogens is 314 g/mol. The summed E-state index contributed by atoms with van der Waals surface area (Å²) in [6.45, 7) is 3.57. The van der Waals surface area contributed by atoms with Gasteiger partial charge in [-0.15, -0.1) is 0 Å². The lowest BCUT2D eigenvalue weighted by Crippen LogP contribution is -2.60. The molecule has 0 atom stereocenters. The number of amides is 1. The molecule has 0 aliphatic heterocycles. The highest BCUT2D eigenvalue weighted by Crippen LogP contribution is 2.55. The predicted octanol–water partition coefficient (Wildman–Crippen LogP) is 2.42. The summed E-state index contributed by atoms with van der Waals surface area (Å²) in [4.78, 5) is 25.2. The van der Waals surface area contributed by atoms with Crippen LogP contribution in [0.15, 0.2) is 10.9 Å². The number of nitrogens with zero attached hydrogens (tertiary/aromatic N) is 2. The predicted molar refractivity (Wildman–Crippen MR) is 93.9 cm³/mol. The number of aryl methyl sites for hydroxylation is 2. The lowest BCUT2D eigenvalue weighted by Gasteiger charge is -2.56. The van der Waals surface area contributed by atoms with E-state index < -0.39 is 0 Å². The third-order valence-corrected chi connectivity index (χ3v) is 6.56. The number of carbonyl (C=O) groups excluding carboxylic acids is 1. The molecule has 4 bridgehead atoms. The Morgan fingerprint density at radius 1 is 1.24 bits per heavy atom. The van der Waals surface area contributed by atoms with Crippen molar-refractivity contribution in [3.05, 3.63) is 33.2 Å². The first-order valence-corrected chi connectivity index (χ1v) is 9.31. The van der Waals surface area contributed by atoms with E-state index in [1.165, 1.54) is 23.8 Å². The van der Waals surface area contributed by atoms with Crippen molar-refractivity contribution in [3.8, 4) is 6.07 Å². The molecule has 5 heteroatoms. The first-order valence-electron chi connectivity index (χ1n) is 9.31. The van der Waals surface area contributed by atoms with Gasteiger partial charge in [0.05, 0.1) is 0 Å². The Hall–Kier alpha value is -2.09. The molecule has 0 unspecified atom stereocenters. The van der Waals surface area contributed by atoms with E-state index in [9.17, 15) is 14.9 Å². The van der Waals surface area contributed by atoms with Crippen molar-refractivity contribution < 1.29 is 4.79 Å². The van der Waals surface area contributed by atoms with E-state index in [2.05, 4.69) is 5.32 Å².